The fraction of sp³-hybridized carbons (Fsp3) is 0.154. The standard InChI is InChI=1S/C13H12N2O4/c1-7-5-10(8(2)19-7)12(16)15-9-3-4-11(13(17)18)14-6-9/h3-6H,1-2H3,(H,15,16)(H,17,18). The van der Waals surface area contributed by atoms with Crippen LogP contribution < -0.4 is 5.32 Å². The van der Waals surface area contributed by atoms with Crippen molar-refractivity contribution in [3.05, 3.63) is 47.2 Å². The number of hydrogen-bond acceptors (Lipinski definition) is 4. The number of carboxylic acids is 1. The number of carboxylic acid groups (broad SMARTS) is 1. The van der Waals surface area contributed by atoms with Crippen LogP contribution in [0, 0.1) is 13.8 Å². The first-order valence-corrected chi connectivity index (χ1v) is 5.55. The van der Waals surface area contributed by atoms with E-state index in [9.17, 15) is 9.59 Å². The summed E-state index contributed by atoms with van der Waals surface area (Å²) in [5, 5.41) is 11.3. The van der Waals surface area contributed by atoms with Gasteiger partial charge in [0, 0.05) is 0 Å². The van der Waals surface area contributed by atoms with E-state index in [2.05, 4.69) is 10.3 Å². The molecule has 0 saturated heterocycles. The van der Waals surface area contributed by atoms with Crippen LogP contribution in [-0.2, 0) is 0 Å². The number of carbonyl (C=O) groups is 2. The molecule has 0 bridgehead atoms. The number of nitrogens with zero attached hydrogens (tertiary/aromatic N) is 1. The fourth-order valence-corrected chi connectivity index (χ4v) is 1.65. The van der Waals surface area contributed by atoms with Gasteiger partial charge in [0.05, 0.1) is 17.4 Å². The summed E-state index contributed by atoms with van der Waals surface area (Å²) < 4.78 is 5.27. The van der Waals surface area contributed by atoms with Crippen LogP contribution in [0.5, 0.6) is 0 Å². The van der Waals surface area contributed by atoms with Crippen molar-refractivity contribution in [2.45, 2.75) is 13.8 Å². The smallest absolute Gasteiger partial charge is 0.354 e. The number of aromatic carboxylic acids is 1. The van der Waals surface area contributed by atoms with Gasteiger partial charge in [-0.25, -0.2) is 9.78 Å². The number of carbonyl (C=O) groups excluding carboxylic acids is 1. The highest BCUT2D eigenvalue weighted by Crippen LogP contribution is 2.16. The van der Waals surface area contributed by atoms with Crippen molar-refractivity contribution in [1.82, 2.24) is 4.98 Å². The van der Waals surface area contributed by atoms with Crippen LogP contribution in [0.4, 0.5) is 5.69 Å². The maximum absolute atomic E-state index is 12.0. The minimum Gasteiger partial charge on any atom is -0.477 e. The topological polar surface area (TPSA) is 92.4 Å². The summed E-state index contributed by atoms with van der Waals surface area (Å²) in [4.78, 5) is 26.3. The highest BCUT2D eigenvalue weighted by molar-refractivity contribution is 6.05. The Hall–Kier alpha value is -2.63. The average Bonchev–Trinajstić information content (AvgIpc) is 2.69. The second-order valence-corrected chi connectivity index (χ2v) is 4.02. The van der Waals surface area contributed by atoms with Crippen LogP contribution in [0.1, 0.15) is 32.4 Å². The number of nitrogens with one attached hydrogen (secondary N) is 1. The summed E-state index contributed by atoms with van der Waals surface area (Å²) >= 11 is 0. The SMILES string of the molecule is Cc1cc(C(=O)Nc2ccc(C(=O)O)nc2)c(C)o1. The fourth-order valence-electron chi connectivity index (χ4n) is 1.65. The lowest BCUT2D eigenvalue weighted by Crippen LogP contribution is -2.12. The van der Waals surface area contributed by atoms with E-state index in [4.69, 9.17) is 9.52 Å². The lowest BCUT2D eigenvalue weighted by molar-refractivity contribution is 0.0690. The molecule has 98 valence electrons. The molecule has 6 nitrogen and oxygen atoms in total. The van der Waals surface area contributed by atoms with E-state index < -0.39 is 5.97 Å². The maximum atomic E-state index is 12.0. The summed E-state index contributed by atoms with van der Waals surface area (Å²) in [7, 11) is 0. The van der Waals surface area contributed by atoms with E-state index in [-0.39, 0.29) is 11.6 Å². The zero-order valence-corrected chi connectivity index (χ0v) is 10.4. The van der Waals surface area contributed by atoms with E-state index in [0.29, 0.717) is 22.8 Å². The first-order valence-electron chi connectivity index (χ1n) is 5.55. The van der Waals surface area contributed by atoms with Gasteiger partial charge in [-0.1, -0.05) is 0 Å². The van der Waals surface area contributed by atoms with Crippen molar-refractivity contribution in [1.29, 1.82) is 0 Å². The van der Waals surface area contributed by atoms with Crippen LogP contribution in [-0.4, -0.2) is 22.0 Å². The van der Waals surface area contributed by atoms with E-state index in [0.717, 1.165) is 0 Å². The van der Waals surface area contributed by atoms with E-state index in [1.807, 2.05) is 0 Å². The number of anilines is 1. The number of furan rings is 1. The van der Waals surface area contributed by atoms with Crippen molar-refractivity contribution in [3.8, 4) is 0 Å². The molecule has 2 aromatic heterocycles. The quantitative estimate of drug-likeness (QED) is 0.882. The predicted molar refractivity (Wildman–Crippen MR) is 67.3 cm³/mol. The summed E-state index contributed by atoms with van der Waals surface area (Å²) in [5.41, 5.74) is 0.793. The second kappa shape index (κ2) is 4.93. The number of rotatable bonds is 3. The average molecular weight is 260 g/mol. The summed E-state index contributed by atoms with van der Waals surface area (Å²) in [6.45, 7) is 3.46. The van der Waals surface area contributed by atoms with Gasteiger partial charge in [-0.2, -0.15) is 0 Å². The zero-order chi connectivity index (χ0) is 14.0. The van der Waals surface area contributed by atoms with Gasteiger partial charge in [0.15, 0.2) is 0 Å². The molecular formula is C13H12N2O4. The molecule has 0 aromatic carbocycles. The van der Waals surface area contributed by atoms with Gasteiger partial charge in [-0.15, -0.1) is 0 Å². The van der Waals surface area contributed by atoms with E-state index >= 15 is 0 Å². The first-order chi connectivity index (χ1) is 8.97. The summed E-state index contributed by atoms with van der Waals surface area (Å²) in [5.74, 6) is -0.245. The Kier molecular flexibility index (Phi) is 3.33. The van der Waals surface area contributed by atoms with E-state index in [1.165, 1.54) is 18.3 Å². The Bertz CT molecular complexity index is 629. The van der Waals surface area contributed by atoms with Gasteiger partial charge in [0.1, 0.15) is 17.2 Å². The molecule has 0 radical (unpaired) electrons. The Balaban J connectivity index is 2.15. The molecule has 0 aliphatic heterocycles. The number of pyridine rings is 1. The van der Waals surface area contributed by atoms with Crippen LogP contribution >= 0.6 is 0 Å². The molecule has 0 aliphatic rings. The van der Waals surface area contributed by atoms with Crippen molar-refractivity contribution in [2.75, 3.05) is 5.32 Å². The number of hydrogen-bond donors (Lipinski definition) is 2. The van der Waals surface area contributed by atoms with Gasteiger partial charge >= 0.3 is 5.97 Å². The van der Waals surface area contributed by atoms with Gasteiger partial charge in [-0.3, -0.25) is 4.79 Å². The van der Waals surface area contributed by atoms with Crippen molar-refractivity contribution >= 4 is 17.6 Å². The molecule has 6 heteroatoms. The third kappa shape index (κ3) is 2.79. The van der Waals surface area contributed by atoms with Gasteiger partial charge < -0.3 is 14.8 Å². The summed E-state index contributed by atoms with van der Waals surface area (Å²) in [6, 6.07) is 4.45. The molecule has 2 N–H and O–H groups in total. The lowest BCUT2D eigenvalue weighted by Gasteiger charge is -2.03. The normalized spacial score (nSPS) is 10.2. The zero-order valence-electron chi connectivity index (χ0n) is 10.4. The molecule has 2 aromatic rings. The van der Waals surface area contributed by atoms with Crippen LogP contribution in [0.2, 0.25) is 0 Å². The third-order valence-electron chi connectivity index (χ3n) is 2.53. The monoisotopic (exact) mass is 260 g/mol. The molecule has 0 atom stereocenters. The molecule has 19 heavy (non-hydrogen) atoms. The minimum absolute atomic E-state index is 0.0756. The Morgan fingerprint density at radius 3 is 2.53 bits per heavy atom. The van der Waals surface area contributed by atoms with Gasteiger partial charge in [-0.05, 0) is 32.0 Å². The number of amides is 1. The highest BCUT2D eigenvalue weighted by atomic mass is 16.4. The van der Waals surface area contributed by atoms with Crippen LogP contribution in [0.15, 0.2) is 28.8 Å². The number of aryl methyl sites for hydroxylation is 2. The largest absolute Gasteiger partial charge is 0.477 e. The third-order valence-corrected chi connectivity index (χ3v) is 2.53. The van der Waals surface area contributed by atoms with Gasteiger partial charge in [0.25, 0.3) is 5.91 Å². The maximum Gasteiger partial charge on any atom is 0.354 e. The Morgan fingerprint density at radius 2 is 2.05 bits per heavy atom. The molecule has 0 fully saturated rings. The molecule has 2 rings (SSSR count). The summed E-state index contributed by atoms with van der Waals surface area (Å²) in [6.07, 6.45) is 1.30. The molecule has 1 amide bonds. The molecule has 0 aliphatic carbocycles. The molecule has 2 heterocycles. The molecule has 0 unspecified atom stereocenters. The van der Waals surface area contributed by atoms with Crippen molar-refractivity contribution in [2.24, 2.45) is 0 Å². The van der Waals surface area contributed by atoms with Crippen LogP contribution in [0.3, 0.4) is 0 Å². The molecular weight excluding hydrogens is 248 g/mol. The van der Waals surface area contributed by atoms with Crippen molar-refractivity contribution < 1.29 is 19.1 Å². The number of aromatic nitrogens is 1. The minimum atomic E-state index is -1.11. The lowest BCUT2D eigenvalue weighted by atomic mass is 10.2. The van der Waals surface area contributed by atoms with E-state index in [1.54, 1.807) is 19.9 Å². The first kappa shape index (κ1) is 12.8. The predicted octanol–water partition coefficient (Wildman–Crippen LogP) is 2.24. The van der Waals surface area contributed by atoms with Crippen molar-refractivity contribution in [3.63, 3.8) is 0 Å². The van der Waals surface area contributed by atoms with Gasteiger partial charge in [0.2, 0.25) is 0 Å². The Morgan fingerprint density at radius 1 is 1.32 bits per heavy atom. The van der Waals surface area contributed by atoms with Crippen LogP contribution in [0.25, 0.3) is 0 Å². The molecule has 0 saturated carbocycles. The Labute approximate surface area is 109 Å². The highest BCUT2D eigenvalue weighted by Gasteiger charge is 2.14. The molecule has 0 spiro atoms. The second-order valence-electron chi connectivity index (χ2n) is 4.02.